The first-order valence-corrected chi connectivity index (χ1v) is 8.00. The fourth-order valence-corrected chi connectivity index (χ4v) is 2.20. The molecule has 0 aromatic carbocycles. The number of amides is 2. The molecule has 8 heteroatoms. The zero-order chi connectivity index (χ0) is 17.4. The van der Waals surface area contributed by atoms with Crippen LogP contribution >= 0.6 is 24.0 Å². The van der Waals surface area contributed by atoms with Gasteiger partial charge in [0.2, 0.25) is 11.8 Å². The van der Waals surface area contributed by atoms with E-state index in [-0.39, 0.29) is 48.4 Å². The Hall–Kier alpha value is -1.32. The number of aliphatic imine (C=N–C) groups is 1. The summed E-state index contributed by atoms with van der Waals surface area (Å²) >= 11 is 0. The van der Waals surface area contributed by atoms with E-state index in [2.05, 4.69) is 22.2 Å². The third-order valence-corrected chi connectivity index (χ3v) is 3.61. The normalized spacial score (nSPS) is 17.1. The molecular formula is C16H30IN5O2. The molecule has 0 radical (unpaired) electrons. The first-order chi connectivity index (χ1) is 10.8. The number of nitrogens with one attached hydrogen (secondary N) is 2. The SMILES string of the molecule is C=C(C)CNC(=NCC(=O)N(C)C)NC1CCN(C(=O)CC)C1.I. The minimum Gasteiger partial charge on any atom is -0.353 e. The lowest BCUT2D eigenvalue weighted by molar-refractivity contribution is -0.130. The minimum atomic E-state index is -0.0596. The smallest absolute Gasteiger partial charge is 0.243 e. The summed E-state index contributed by atoms with van der Waals surface area (Å²) in [5, 5.41) is 6.47. The van der Waals surface area contributed by atoms with E-state index in [0.29, 0.717) is 25.5 Å². The lowest BCUT2D eigenvalue weighted by Crippen LogP contribution is -2.46. The highest BCUT2D eigenvalue weighted by atomic mass is 127. The van der Waals surface area contributed by atoms with Gasteiger partial charge in [-0.2, -0.15) is 0 Å². The third-order valence-electron chi connectivity index (χ3n) is 3.61. The van der Waals surface area contributed by atoms with Gasteiger partial charge in [0.25, 0.3) is 0 Å². The van der Waals surface area contributed by atoms with E-state index >= 15 is 0 Å². The Labute approximate surface area is 161 Å². The van der Waals surface area contributed by atoms with Crippen molar-refractivity contribution in [3.05, 3.63) is 12.2 Å². The second kappa shape index (κ2) is 11.3. The van der Waals surface area contributed by atoms with Crippen LogP contribution in [-0.2, 0) is 9.59 Å². The van der Waals surface area contributed by atoms with E-state index in [0.717, 1.165) is 18.5 Å². The summed E-state index contributed by atoms with van der Waals surface area (Å²) < 4.78 is 0. The van der Waals surface area contributed by atoms with Crippen LogP contribution in [0.4, 0.5) is 0 Å². The zero-order valence-electron chi connectivity index (χ0n) is 15.1. The number of halogens is 1. The summed E-state index contributed by atoms with van der Waals surface area (Å²) in [6, 6.07) is 0.149. The molecular weight excluding hydrogens is 421 g/mol. The number of hydrogen-bond acceptors (Lipinski definition) is 3. The molecule has 1 aliphatic rings. The average Bonchev–Trinajstić information content (AvgIpc) is 2.97. The van der Waals surface area contributed by atoms with Gasteiger partial charge in [0.15, 0.2) is 5.96 Å². The molecule has 0 aliphatic carbocycles. The highest BCUT2D eigenvalue weighted by molar-refractivity contribution is 14.0. The Balaban J connectivity index is 0.00000529. The van der Waals surface area contributed by atoms with Crippen molar-refractivity contribution in [3.8, 4) is 0 Å². The maximum Gasteiger partial charge on any atom is 0.243 e. The van der Waals surface area contributed by atoms with Crippen molar-refractivity contribution in [2.75, 3.05) is 40.3 Å². The number of carbonyl (C=O) groups excluding carboxylic acids is 2. The molecule has 1 heterocycles. The molecule has 2 N–H and O–H groups in total. The Morgan fingerprint density at radius 2 is 2.04 bits per heavy atom. The van der Waals surface area contributed by atoms with Gasteiger partial charge in [-0.3, -0.25) is 9.59 Å². The molecule has 0 aromatic heterocycles. The molecule has 1 fully saturated rings. The predicted molar refractivity (Wildman–Crippen MR) is 108 cm³/mol. The minimum absolute atomic E-state index is 0. The number of guanidine groups is 1. The van der Waals surface area contributed by atoms with Gasteiger partial charge in [-0.25, -0.2) is 4.99 Å². The quantitative estimate of drug-likeness (QED) is 0.271. The monoisotopic (exact) mass is 451 g/mol. The molecule has 0 saturated carbocycles. The van der Waals surface area contributed by atoms with Crippen molar-refractivity contribution in [1.82, 2.24) is 20.4 Å². The number of hydrogen-bond donors (Lipinski definition) is 2. The molecule has 1 unspecified atom stereocenters. The van der Waals surface area contributed by atoms with Gasteiger partial charge >= 0.3 is 0 Å². The van der Waals surface area contributed by atoms with E-state index in [9.17, 15) is 9.59 Å². The van der Waals surface area contributed by atoms with E-state index in [1.165, 1.54) is 4.90 Å². The van der Waals surface area contributed by atoms with Crippen molar-refractivity contribution in [3.63, 3.8) is 0 Å². The molecule has 0 spiro atoms. The van der Waals surface area contributed by atoms with Gasteiger partial charge in [0.1, 0.15) is 6.54 Å². The highest BCUT2D eigenvalue weighted by Gasteiger charge is 2.25. The van der Waals surface area contributed by atoms with Crippen LogP contribution in [0.25, 0.3) is 0 Å². The van der Waals surface area contributed by atoms with Crippen molar-refractivity contribution in [1.29, 1.82) is 0 Å². The highest BCUT2D eigenvalue weighted by Crippen LogP contribution is 2.10. The van der Waals surface area contributed by atoms with Gasteiger partial charge in [-0.05, 0) is 13.3 Å². The van der Waals surface area contributed by atoms with Crippen molar-refractivity contribution in [2.45, 2.75) is 32.7 Å². The summed E-state index contributed by atoms with van der Waals surface area (Å²) in [6.45, 7) is 9.75. The lowest BCUT2D eigenvalue weighted by atomic mass is 10.3. The fraction of sp³-hybridized carbons (Fsp3) is 0.688. The third kappa shape index (κ3) is 7.98. The van der Waals surface area contributed by atoms with Crippen LogP contribution in [0.15, 0.2) is 17.1 Å². The van der Waals surface area contributed by atoms with Crippen molar-refractivity contribution in [2.24, 2.45) is 4.99 Å². The van der Waals surface area contributed by atoms with Gasteiger partial charge < -0.3 is 20.4 Å². The Morgan fingerprint density at radius 3 is 2.58 bits per heavy atom. The summed E-state index contributed by atoms with van der Waals surface area (Å²) in [7, 11) is 3.41. The molecule has 1 atom stereocenters. The molecule has 0 bridgehead atoms. The topological polar surface area (TPSA) is 77.0 Å². The van der Waals surface area contributed by atoms with E-state index < -0.39 is 0 Å². The number of nitrogens with zero attached hydrogens (tertiary/aromatic N) is 3. The molecule has 138 valence electrons. The molecule has 7 nitrogen and oxygen atoms in total. The summed E-state index contributed by atoms with van der Waals surface area (Å²) in [5.74, 6) is 0.695. The molecule has 1 aliphatic heterocycles. The molecule has 2 amide bonds. The van der Waals surface area contributed by atoms with Gasteiger partial charge in [0.05, 0.1) is 0 Å². The van der Waals surface area contributed by atoms with Crippen LogP contribution in [0.2, 0.25) is 0 Å². The fourth-order valence-electron chi connectivity index (χ4n) is 2.20. The first kappa shape index (κ1) is 22.7. The van der Waals surface area contributed by atoms with Crippen LogP contribution in [-0.4, -0.2) is 73.9 Å². The second-order valence-electron chi connectivity index (χ2n) is 6.09. The number of likely N-dealkylation sites (N-methyl/N-ethyl adjacent to an activating group) is 1. The first-order valence-electron chi connectivity index (χ1n) is 8.00. The maximum atomic E-state index is 11.7. The predicted octanol–water partition coefficient (Wildman–Crippen LogP) is 0.815. The Bertz CT molecular complexity index is 479. The van der Waals surface area contributed by atoms with E-state index in [4.69, 9.17) is 0 Å². The molecule has 1 rings (SSSR count). The zero-order valence-corrected chi connectivity index (χ0v) is 17.4. The van der Waals surface area contributed by atoms with Crippen molar-refractivity contribution >= 4 is 41.8 Å². The van der Waals surface area contributed by atoms with Crippen LogP contribution in [0.3, 0.4) is 0 Å². The molecule has 1 saturated heterocycles. The number of rotatable bonds is 6. The Morgan fingerprint density at radius 1 is 1.38 bits per heavy atom. The van der Waals surface area contributed by atoms with Crippen LogP contribution in [0, 0.1) is 0 Å². The standard InChI is InChI=1S/C16H29N5O2.HI/c1-6-14(22)21-8-7-13(11-21)19-16(17-9-12(2)3)18-10-15(23)20(4)5;/h13H,2,6-11H2,1,3-5H3,(H2,17,18,19);1H. The summed E-state index contributed by atoms with van der Waals surface area (Å²) in [4.78, 5) is 31.1. The number of likely N-dealkylation sites (tertiary alicyclic amines) is 1. The van der Waals surface area contributed by atoms with Gasteiger partial charge in [0, 0.05) is 46.2 Å². The van der Waals surface area contributed by atoms with Gasteiger partial charge in [-0.1, -0.05) is 19.1 Å². The Kier molecular flexibility index (Phi) is 10.7. The maximum absolute atomic E-state index is 11.7. The van der Waals surface area contributed by atoms with Gasteiger partial charge in [-0.15, -0.1) is 24.0 Å². The van der Waals surface area contributed by atoms with E-state index in [1.54, 1.807) is 14.1 Å². The van der Waals surface area contributed by atoms with Crippen LogP contribution in [0.5, 0.6) is 0 Å². The molecule has 0 aromatic rings. The number of carbonyl (C=O) groups is 2. The van der Waals surface area contributed by atoms with Crippen LogP contribution < -0.4 is 10.6 Å². The van der Waals surface area contributed by atoms with Crippen LogP contribution in [0.1, 0.15) is 26.7 Å². The second-order valence-corrected chi connectivity index (χ2v) is 6.09. The summed E-state index contributed by atoms with van der Waals surface area (Å²) in [6.07, 6.45) is 1.40. The largest absolute Gasteiger partial charge is 0.353 e. The van der Waals surface area contributed by atoms with Crippen molar-refractivity contribution < 1.29 is 9.59 Å². The molecule has 24 heavy (non-hydrogen) atoms. The van der Waals surface area contributed by atoms with E-state index in [1.807, 2.05) is 18.7 Å². The lowest BCUT2D eigenvalue weighted by Gasteiger charge is -2.19. The average molecular weight is 451 g/mol. The summed E-state index contributed by atoms with van der Waals surface area (Å²) in [5.41, 5.74) is 0.979.